The number of carbonyl (C=O) groups excluding carboxylic acids is 1. The van der Waals surface area contributed by atoms with Gasteiger partial charge >= 0.3 is 0 Å². The van der Waals surface area contributed by atoms with E-state index in [9.17, 15) is 22.0 Å². The molecule has 0 saturated carbocycles. The van der Waals surface area contributed by atoms with Crippen LogP contribution >= 0.6 is 15.9 Å². The predicted octanol–water partition coefficient (Wildman–Crippen LogP) is 4.47. The number of carbonyl (C=O) groups is 1. The van der Waals surface area contributed by atoms with Crippen LogP contribution in [0.5, 0.6) is 5.75 Å². The summed E-state index contributed by atoms with van der Waals surface area (Å²) < 4.78 is 61.3. The molecule has 1 amide bonds. The highest BCUT2D eigenvalue weighted by atomic mass is 79.9. The first-order valence-corrected chi connectivity index (χ1v) is 11.2. The average molecular weight is 511 g/mol. The molecule has 0 saturated heterocycles. The average Bonchev–Trinajstić information content (AvgIpc) is 2.74. The summed E-state index contributed by atoms with van der Waals surface area (Å²) in [5.41, 5.74) is -0.0247. The maximum atomic E-state index is 14.2. The molecule has 0 heterocycles. The second-order valence-electron chi connectivity index (χ2n) is 6.39. The van der Waals surface area contributed by atoms with Crippen molar-refractivity contribution in [2.24, 2.45) is 0 Å². The number of methoxy groups -OCH3 is 1. The molecule has 0 aliphatic heterocycles. The molecular formula is C21H17BrF2N2O4S. The van der Waals surface area contributed by atoms with E-state index in [4.69, 9.17) is 4.74 Å². The number of nitrogens with one attached hydrogen (secondary N) is 2. The predicted molar refractivity (Wildman–Crippen MR) is 115 cm³/mol. The van der Waals surface area contributed by atoms with Crippen LogP contribution in [-0.4, -0.2) is 21.4 Å². The van der Waals surface area contributed by atoms with Crippen molar-refractivity contribution >= 4 is 37.5 Å². The summed E-state index contributed by atoms with van der Waals surface area (Å²) in [6, 6.07) is 13.5. The molecular weight excluding hydrogens is 494 g/mol. The quantitative estimate of drug-likeness (QED) is 0.491. The normalized spacial score (nSPS) is 11.2. The molecule has 0 unspecified atom stereocenters. The van der Waals surface area contributed by atoms with Gasteiger partial charge in [-0.1, -0.05) is 28.1 Å². The topological polar surface area (TPSA) is 84.5 Å². The van der Waals surface area contributed by atoms with E-state index < -0.39 is 33.1 Å². The number of hydrogen-bond acceptors (Lipinski definition) is 4. The van der Waals surface area contributed by atoms with Crippen LogP contribution in [-0.2, 0) is 16.6 Å². The zero-order valence-electron chi connectivity index (χ0n) is 16.2. The van der Waals surface area contributed by atoms with Crippen LogP contribution in [0.15, 0.2) is 70.0 Å². The molecule has 3 aromatic rings. The Morgan fingerprint density at radius 2 is 1.71 bits per heavy atom. The summed E-state index contributed by atoms with van der Waals surface area (Å²) in [4.78, 5) is 12.1. The van der Waals surface area contributed by atoms with Gasteiger partial charge < -0.3 is 10.1 Å². The zero-order valence-corrected chi connectivity index (χ0v) is 18.6. The summed E-state index contributed by atoms with van der Waals surface area (Å²) in [7, 11) is -2.52. The van der Waals surface area contributed by atoms with Crippen LogP contribution in [0, 0.1) is 11.6 Å². The van der Waals surface area contributed by atoms with Crippen LogP contribution in [0.25, 0.3) is 0 Å². The van der Waals surface area contributed by atoms with Gasteiger partial charge in [0.2, 0.25) is 10.0 Å². The molecule has 31 heavy (non-hydrogen) atoms. The number of sulfonamides is 1. The van der Waals surface area contributed by atoms with Crippen molar-refractivity contribution in [2.75, 3.05) is 12.4 Å². The fourth-order valence-electron chi connectivity index (χ4n) is 2.63. The molecule has 0 spiro atoms. The van der Waals surface area contributed by atoms with Gasteiger partial charge in [0.05, 0.1) is 23.3 Å². The number of anilines is 1. The lowest BCUT2D eigenvalue weighted by molar-refractivity contribution is 0.102. The molecule has 0 radical (unpaired) electrons. The SMILES string of the molecule is COc1ccc(CNS(=O)(=O)c2ccc(F)c(C(=O)Nc3ccc(Br)cc3F)c2)cc1. The summed E-state index contributed by atoms with van der Waals surface area (Å²) >= 11 is 3.10. The van der Waals surface area contributed by atoms with Gasteiger partial charge in [-0.3, -0.25) is 4.79 Å². The summed E-state index contributed by atoms with van der Waals surface area (Å²) in [6.45, 7) is -0.0185. The van der Waals surface area contributed by atoms with E-state index in [1.807, 2.05) is 0 Å². The number of benzene rings is 3. The van der Waals surface area contributed by atoms with Gasteiger partial charge in [-0.25, -0.2) is 21.9 Å². The van der Waals surface area contributed by atoms with E-state index in [-0.39, 0.29) is 17.1 Å². The van der Waals surface area contributed by atoms with Crippen molar-refractivity contribution in [3.05, 3.63) is 87.9 Å². The van der Waals surface area contributed by atoms with Crippen LogP contribution in [0.3, 0.4) is 0 Å². The molecule has 2 N–H and O–H groups in total. The fraction of sp³-hybridized carbons (Fsp3) is 0.0952. The summed E-state index contributed by atoms with van der Waals surface area (Å²) in [5, 5.41) is 2.24. The maximum absolute atomic E-state index is 14.2. The minimum atomic E-state index is -4.04. The van der Waals surface area contributed by atoms with Gasteiger partial charge in [0.25, 0.3) is 5.91 Å². The second kappa shape index (κ2) is 9.54. The monoisotopic (exact) mass is 510 g/mol. The number of amides is 1. The zero-order chi connectivity index (χ0) is 22.6. The molecule has 0 aliphatic carbocycles. The molecule has 0 atom stereocenters. The first kappa shape index (κ1) is 22.9. The Balaban J connectivity index is 1.78. The van der Waals surface area contributed by atoms with Gasteiger partial charge in [-0.05, 0) is 54.1 Å². The number of rotatable bonds is 7. The molecule has 10 heteroatoms. The van der Waals surface area contributed by atoms with E-state index in [2.05, 4.69) is 26.0 Å². The summed E-state index contributed by atoms with van der Waals surface area (Å²) in [5.74, 6) is -2.02. The molecule has 0 aliphatic rings. The largest absolute Gasteiger partial charge is 0.497 e. The standard InChI is InChI=1S/C21H17BrF2N2O4S/c1-30-15-5-2-13(3-6-15)12-25-31(28,29)16-7-8-18(23)17(11-16)21(27)26-20-9-4-14(22)10-19(20)24/h2-11,25H,12H2,1H3,(H,26,27). The molecule has 0 fully saturated rings. The Hall–Kier alpha value is -2.82. The van der Waals surface area contributed by atoms with Crippen LogP contribution < -0.4 is 14.8 Å². The third-order valence-corrected chi connectivity index (χ3v) is 6.19. The lowest BCUT2D eigenvalue weighted by Crippen LogP contribution is -2.24. The summed E-state index contributed by atoms with van der Waals surface area (Å²) in [6.07, 6.45) is 0. The molecule has 162 valence electrons. The van der Waals surface area contributed by atoms with Crippen molar-refractivity contribution in [3.63, 3.8) is 0 Å². The molecule has 0 aromatic heterocycles. The highest BCUT2D eigenvalue weighted by molar-refractivity contribution is 9.10. The van der Waals surface area contributed by atoms with E-state index >= 15 is 0 Å². The number of ether oxygens (including phenoxy) is 1. The van der Waals surface area contributed by atoms with E-state index in [1.165, 1.54) is 19.2 Å². The van der Waals surface area contributed by atoms with Crippen molar-refractivity contribution in [3.8, 4) is 5.75 Å². The first-order chi connectivity index (χ1) is 14.7. The highest BCUT2D eigenvalue weighted by Crippen LogP contribution is 2.22. The smallest absolute Gasteiger partial charge is 0.258 e. The van der Waals surface area contributed by atoms with Crippen molar-refractivity contribution in [1.82, 2.24) is 4.72 Å². The Morgan fingerprint density at radius 3 is 2.35 bits per heavy atom. The van der Waals surface area contributed by atoms with Crippen molar-refractivity contribution in [1.29, 1.82) is 0 Å². The van der Waals surface area contributed by atoms with Gasteiger partial charge in [0, 0.05) is 11.0 Å². The lowest BCUT2D eigenvalue weighted by Gasteiger charge is -2.11. The molecule has 0 bridgehead atoms. The minimum Gasteiger partial charge on any atom is -0.497 e. The van der Waals surface area contributed by atoms with Crippen molar-refractivity contribution < 1.29 is 26.7 Å². The van der Waals surface area contributed by atoms with Gasteiger partial charge in [0.1, 0.15) is 17.4 Å². The number of halogens is 3. The second-order valence-corrected chi connectivity index (χ2v) is 9.08. The Morgan fingerprint density at radius 1 is 1.00 bits per heavy atom. The van der Waals surface area contributed by atoms with Crippen molar-refractivity contribution in [2.45, 2.75) is 11.4 Å². The highest BCUT2D eigenvalue weighted by Gasteiger charge is 2.20. The Labute approximate surface area is 186 Å². The minimum absolute atomic E-state index is 0.0185. The van der Waals surface area contributed by atoms with E-state index in [1.54, 1.807) is 24.3 Å². The fourth-order valence-corrected chi connectivity index (χ4v) is 4.01. The van der Waals surface area contributed by atoms with Gasteiger partial charge in [0.15, 0.2) is 0 Å². The lowest BCUT2D eigenvalue weighted by atomic mass is 10.2. The third kappa shape index (κ3) is 5.66. The molecule has 3 aromatic carbocycles. The maximum Gasteiger partial charge on any atom is 0.258 e. The van der Waals surface area contributed by atoms with Crippen LogP contribution in [0.1, 0.15) is 15.9 Å². The van der Waals surface area contributed by atoms with E-state index in [0.29, 0.717) is 15.8 Å². The number of hydrogen-bond donors (Lipinski definition) is 2. The van der Waals surface area contributed by atoms with Gasteiger partial charge in [-0.2, -0.15) is 0 Å². The molecule has 6 nitrogen and oxygen atoms in total. The van der Waals surface area contributed by atoms with Gasteiger partial charge in [-0.15, -0.1) is 0 Å². The van der Waals surface area contributed by atoms with Crippen LogP contribution in [0.4, 0.5) is 14.5 Å². The van der Waals surface area contributed by atoms with Crippen LogP contribution in [0.2, 0.25) is 0 Å². The third-order valence-electron chi connectivity index (χ3n) is 4.30. The Kier molecular flexibility index (Phi) is 7.04. The Bertz CT molecular complexity index is 1220. The first-order valence-electron chi connectivity index (χ1n) is 8.88. The van der Waals surface area contributed by atoms with E-state index in [0.717, 1.165) is 24.3 Å². The molecule has 3 rings (SSSR count).